The van der Waals surface area contributed by atoms with Gasteiger partial charge in [0.25, 0.3) is 5.91 Å². The van der Waals surface area contributed by atoms with Crippen molar-refractivity contribution in [1.82, 2.24) is 9.80 Å². The molecule has 0 radical (unpaired) electrons. The third kappa shape index (κ3) is 6.20. The van der Waals surface area contributed by atoms with Gasteiger partial charge in [0.1, 0.15) is 12.4 Å². The maximum atomic E-state index is 13.6. The predicted octanol–water partition coefficient (Wildman–Crippen LogP) is 3.95. The molecule has 1 heterocycles. The van der Waals surface area contributed by atoms with E-state index < -0.39 is 0 Å². The van der Waals surface area contributed by atoms with Crippen molar-refractivity contribution < 1.29 is 23.9 Å². The molecule has 3 atom stereocenters. The molecule has 4 rings (SSSR count). The highest BCUT2D eigenvalue weighted by Crippen LogP contribution is 2.32. The van der Waals surface area contributed by atoms with Crippen LogP contribution in [0.1, 0.15) is 69.2 Å². The van der Waals surface area contributed by atoms with Gasteiger partial charge in [-0.05, 0) is 44.7 Å². The van der Waals surface area contributed by atoms with Gasteiger partial charge < -0.3 is 24.6 Å². The summed E-state index contributed by atoms with van der Waals surface area (Å²) in [6.07, 6.45) is 6.89. The minimum Gasteiger partial charge on any atom is -0.491 e. The van der Waals surface area contributed by atoms with Gasteiger partial charge >= 0.3 is 0 Å². The number of benzene rings is 1. The number of methoxy groups -OCH3 is 1. The Hall–Kier alpha value is -2.61. The Labute approximate surface area is 214 Å². The Morgan fingerprint density at radius 1 is 1.03 bits per heavy atom. The van der Waals surface area contributed by atoms with Gasteiger partial charge in [0.15, 0.2) is 0 Å². The van der Waals surface area contributed by atoms with Crippen LogP contribution in [-0.4, -0.2) is 73.5 Å². The molecule has 3 aliphatic rings. The molecule has 198 valence electrons. The third-order valence-electron chi connectivity index (χ3n) is 7.90. The first-order valence-electron chi connectivity index (χ1n) is 13.4. The van der Waals surface area contributed by atoms with Crippen LogP contribution in [0.3, 0.4) is 0 Å². The summed E-state index contributed by atoms with van der Waals surface area (Å²) >= 11 is 0. The van der Waals surface area contributed by atoms with Crippen LogP contribution in [0, 0.1) is 17.8 Å². The number of carbonyl (C=O) groups is 3. The van der Waals surface area contributed by atoms with Crippen molar-refractivity contribution in [2.75, 3.05) is 39.2 Å². The van der Waals surface area contributed by atoms with Crippen molar-refractivity contribution in [2.24, 2.45) is 17.8 Å². The minimum atomic E-state index is -0.214. The molecule has 1 aliphatic heterocycles. The SMILES string of the molecule is CO[C@H]1CN(C)C(=O)c2ccc(NC(=O)C3CC3)cc2OC[C@@H](C)N(C(=O)C2CCCCC2)C[C@@H]1C. The Morgan fingerprint density at radius 3 is 2.42 bits per heavy atom. The lowest BCUT2D eigenvalue weighted by Crippen LogP contribution is -2.50. The molecule has 1 N–H and O–H groups in total. The fourth-order valence-corrected chi connectivity index (χ4v) is 5.33. The third-order valence-corrected chi connectivity index (χ3v) is 7.90. The van der Waals surface area contributed by atoms with Crippen molar-refractivity contribution in [3.8, 4) is 5.75 Å². The molecule has 2 aliphatic carbocycles. The summed E-state index contributed by atoms with van der Waals surface area (Å²) < 4.78 is 12.0. The lowest BCUT2D eigenvalue weighted by molar-refractivity contribution is -0.141. The Kier molecular flexibility index (Phi) is 8.54. The van der Waals surface area contributed by atoms with E-state index in [2.05, 4.69) is 12.2 Å². The van der Waals surface area contributed by atoms with Crippen molar-refractivity contribution in [2.45, 2.75) is 70.9 Å². The minimum absolute atomic E-state index is 0.00101. The fraction of sp³-hybridized carbons (Fsp3) is 0.679. The molecule has 8 nitrogen and oxygen atoms in total. The number of likely N-dealkylation sites (N-methyl/N-ethyl adjacent to an activating group) is 1. The van der Waals surface area contributed by atoms with E-state index >= 15 is 0 Å². The number of amides is 3. The largest absolute Gasteiger partial charge is 0.491 e. The number of nitrogens with zero attached hydrogens (tertiary/aromatic N) is 2. The first kappa shape index (κ1) is 26.5. The van der Waals surface area contributed by atoms with E-state index in [4.69, 9.17) is 9.47 Å². The second-order valence-electron chi connectivity index (χ2n) is 10.9. The molecule has 2 fully saturated rings. The quantitative estimate of drug-likeness (QED) is 0.678. The molecule has 0 unspecified atom stereocenters. The molecule has 1 aromatic rings. The van der Waals surface area contributed by atoms with Crippen LogP contribution in [0.2, 0.25) is 0 Å². The molecule has 0 saturated heterocycles. The van der Waals surface area contributed by atoms with Gasteiger partial charge in [-0.25, -0.2) is 0 Å². The maximum Gasteiger partial charge on any atom is 0.257 e. The fourth-order valence-electron chi connectivity index (χ4n) is 5.33. The van der Waals surface area contributed by atoms with Gasteiger partial charge in [0.05, 0.1) is 17.7 Å². The number of anilines is 1. The van der Waals surface area contributed by atoms with E-state index in [1.54, 1.807) is 37.3 Å². The topological polar surface area (TPSA) is 88.2 Å². The summed E-state index contributed by atoms with van der Waals surface area (Å²) in [6.45, 7) is 5.29. The average Bonchev–Trinajstić information content (AvgIpc) is 3.74. The normalized spacial score (nSPS) is 26.3. The zero-order chi connectivity index (χ0) is 25.8. The van der Waals surface area contributed by atoms with E-state index in [-0.39, 0.29) is 54.2 Å². The van der Waals surface area contributed by atoms with Gasteiger partial charge in [-0.2, -0.15) is 0 Å². The van der Waals surface area contributed by atoms with Gasteiger partial charge in [-0.3, -0.25) is 14.4 Å². The average molecular weight is 500 g/mol. The lowest BCUT2D eigenvalue weighted by Gasteiger charge is -2.38. The standard InChI is InChI=1S/C28H41N3O5/c1-18-15-31(27(33)21-8-6-5-7-9-21)19(2)17-36-24-14-22(29-26(32)20-10-11-20)12-13-23(24)28(34)30(3)16-25(18)35-4/h12-14,18-21,25H,5-11,15-17H2,1-4H3,(H,29,32)/t18-,19+,25-/m0/s1. The molecular weight excluding hydrogens is 458 g/mol. The van der Waals surface area contributed by atoms with Crippen molar-refractivity contribution in [3.63, 3.8) is 0 Å². The van der Waals surface area contributed by atoms with Crippen LogP contribution in [0.5, 0.6) is 5.75 Å². The number of fused-ring (bicyclic) bond motifs is 1. The van der Waals surface area contributed by atoms with Crippen molar-refractivity contribution in [3.05, 3.63) is 23.8 Å². The highest BCUT2D eigenvalue weighted by atomic mass is 16.5. The molecule has 0 aromatic heterocycles. The monoisotopic (exact) mass is 499 g/mol. The van der Waals surface area contributed by atoms with Crippen LogP contribution >= 0.6 is 0 Å². The smallest absolute Gasteiger partial charge is 0.257 e. The summed E-state index contributed by atoms with van der Waals surface area (Å²) in [5.74, 6) is 0.623. The lowest BCUT2D eigenvalue weighted by atomic mass is 9.87. The first-order valence-corrected chi connectivity index (χ1v) is 13.4. The number of rotatable bonds is 4. The summed E-state index contributed by atoms with van der Waals surface area (Å²) in [4.78, 5) is 42.9. The Morgan fingerprint density at radius 2 is 1.75 bits per heavy atom. The summed E-state index contributed by atoms with van der Waals surface area (Å²) in [5, 5.41) is 2.94. The van der Waals surface area contributed by atoms with Crippen LogP contribution in [0.25, 0.3) is 0 Å². The van der Waals surface area contributed by atoms with E-state index in [0.717, 1.165) is 38.5 Å². The van der Waals surface area contributed by atoms with Gasteiger partial charge in [0.2, 0.25) is 11.8 Å². The first-order chi connectivity index (χ1) is 17.3. The molecule has 36 heavy (non-hydrogen) atoms. The molecule has 0 spiro atoms. The summed E-state index contributed by atoms with van der Waals surface area (Å²) in [7, 11) is 3.42. The Bertz CT molecular complexity index is 957. The molecule has 1 aromatic carbocycles. The van der Waals surface area contributed by atoms with Crippen LogP contribution in [0.4, 0.5) is 5.69 Å². The predicted molar refractivity (Wildman–Crippen MR) is 138 cm³/mol. The van der Waals surface area contributed by atoms with Crippen molar-refractivity contribution >= 4 is 23.4 Å². The number of nitrogens with one attached hydrogen (secondary N) is 1. The second kappa shape index (κ2) is 11.6. The van der Waals surface area contributed by atoms with Crippen LogP contribution < -0.4 is 10.1 Å². The Balaban J connectivity index is 1.62. The van der Waals surface area contributed by atoms with E-state index in [1.807, 2.05) is 11.8 Å². The molecular formula is C28H41N3O5. The highest BCUT2D eigenvalue weighted by molar-refractivity contribution is 5.99. The molecule has 0 bridgehead atoms. The summed E-state index contributed by atoms with van der Waals surface area (Å²) in [5.41, 5.74) is 1.04. The number of ether oxygens (including phenoxy) is 2. The van der Waals surface area contributed by atoms with Crippen LogP contribution in [-0.2, 0) is 14.3 Å². The summed E-state index contributed by atoms with van der Waals surface area (Å²) in [6, 6.07) is 5.01. The molecule has 3 amide bonds. The van der Waals surface area contributed by atoms with E-state index in [9.17, 15) is 14.4 Å². The van der Waals surface area contributed by atoms with E-state index in [0.29, 0.717) is 30.1 Å². The van der Waals surface area contributed by atoms with Crippen molar-refractivity contribution in [1.29, 1.82) is 0 Å². The maximum absolute atomic E-state index is 13.6. The molecule has 8 heteroatoms. The van der Waals surface area contributed by atoms with Gasteiger partial charge in [-0.1, -0.05) is 26.2 Å². The zero-order valence-corrected chi connectivity index (χ0v) is 22.1. The number of hydrogen-bond donors (Lipinski definition) is 1. The number of carbonyl (C=O) groups excluding carboxylic acids is 3. The molecule has 2 saturated carbocycles. The van der Waals surface area contributed by atoms with Gasteiger partial charge in [0, 0.05) is 56.8 Å². The van der Waals surface area contributed by atoms with Gasteiger partial charge in [-0.15, -0.1) is 0 Å². The number of hydrogen-bond acceptors (Lipinski definition) is 5. The zero-order valence-electron chi connectivity index (χ0n) is 22.1. The second-order valence-corrected chi connectivity index (χ2v) is 10.9. The highest BCUT2D eigenvalue weighted by Gasteiger charge is 2.34. The van der Waals surface area contributed by atoms with E-state index in [1.165, 1.54) is 6.42 Å². The van der Waals surface area contributed by atoms with Crippen LogP contribution in [0.15, 0.2) is 18.2 Å².